The van der Waals surface area contributed by atoms with E-state index < -0.39 is 10.8 Å². The number of hydrogen-bond acceptors (Lipinski definition) is 22. The summed E-state index contributed by atoms with van der Waals surface area (Å²) in [6, 6.07) is 9.00. The third-order valence-corrected chi connectivity index (χ3v) is 36.2. The van der Waals surface area contributed by atoms with Crippen LogP contribution in [0.3, 0.4) is 0 Å². The first-order valence-electron chi connectivity index (χ1n) is 52.2. The van der Waals surface area contributed by atoms with Crippen molar-refractivity contribution >= 4 is 170 Å². The van der Waals surface area contributed by atoms with Crippen LogP contribution in [0.5, 0.6) is 0 Å². The summed E-state index contributed by atoms with van der Waals surface area (Å²) in [5, 5.41) is 7.25. The Hall–Kier alpha value is -5.46. The minimum Gasteiger partial charge on any atom is -0.291 e. The number of carbonyl (C=O) groups excluding carboxylic acids is 2. The normalized spacial score (nSPS) is 15.9. The van der Waals surface area contributed by atoms with E-state index in [2.05, 4.69) is 86.6 Å². The van der Waals surface area contributed by atoms with Crippen molar-refractivity contribution in [2.75, 3.05) is 0 Å². The van der Waals surface area contributed by atoms with Crippen LogP contribution in [-0.2, 0) is 10.8 Å². The van der Waals surface area contributed by atoms with Crippen LogP contribution >= 0.6 is 92.3 Å². The molecule has 8 heterocycles. The molecule has 14 rings (SSSR count). The van der Waals surface area contributed by atoms with Crippen LogP contribution < -0.4 is 0 Å². The Bertz CT molecular complexity index is 5440. The molecule has 129 heavy (non-hydrogen) atoms. The van der Waals surface area contributed by atoms with Crippen LogP contribution in [0.1, 0.15) is 470 Å². The van der Waals surface area contributed by atoms with Crippen LogP contribution in [0.15, 0.2) is 24.3 Å². The Morgan fingerprint density at radius 2 is 0.512 bits per heavy atom. The molecule has 12 aromatic rings. The molecule has 0 N–H and O–H groups in total. The van der Waals surface area contributed by atoms with Gasteiger partial charge in [0, 0.05) is 38.2 Å². The van der Waals surface area contributed by atoms with Crippen LogP contribution in [-0.4, -0.2) is 66.5 Å². The molecule has 0 saturated carbocycles. The van der Waals surface area contributed by atoms with E-state index in [9.17, 15) is 0 Å². The van der Waals surface area contributed by atoms with Gasteiger partial charge in [-0.1, -0.05) is 382 Å². The summed E-state index contributed by atoms with van der Waals surface area (Å²) in [5.74, 6) is 1.87. The van der Waals surface area contributed by atoms with Crippen molar-refractivity contribution < 1.29 is 9.59 Å². The average molecular weight is 1900 g/mol. The number of Topliss-reactive ketones (excluding diaryl/α,β-unsaturated/α-hetero) is 2. The van der Waals surface area contributed by atoms with Gasteiger partial charge in [-0.3, -0.25) is 9.59 Å². The lowest BCUT2D eigenvalue weighted by Crippen LogP contribution is -2.40. The summed E-state index contributed by atoms with van der Waals surface area (Å²) in [6.07, 6.45) is 71.7. The lowest BCUT2D eigenvalue weighted by Gasteiger charge is -2.36. The van der Waals surface area contributed by atoms with Crippen LogP contribution in [0, 0.1) is 31.6 Å². The van der Waals surface area contributed by atoms with Gasteiger partial charge in [0.1, 0.15) is 70.5 Å². The monoisotopic (exact) mass is 1890 g/mol. The number of fused-ring (bicyclic) bond motifs is 16. The van der Waals surface area contributed by atoms with Crippen molar-refractivity contribution in [2.45, 2.75) is 452 Å². The summed E-state index contributed by atoms with van der Waals surface area (Å²) in [7, 11) is 0. The van der Waals surface area contributed by atoms with E-state index in [0.717, 1.165) is 197 Å². The van der Waals surface area contributed by atoms with E-state index in [4.69, 9.17) is 54.9 Å². The molecule has 0 saturated heterocycles. The van der Waals surface area contributed by atoms with Gasteiger partial charge in [-0.25, -0.2) is 19.9 Å². The van der Waals surface area contributed by atoms with E-state index in [1.54, 1.807) is 45.3 Å². The number of carbonyl (C=O) groups is 2. The van der Waals surface area contributed by atoms with E-state index in [0.29, 0.717) is 29.1 Å². The molecule has 2 aliphatic rings. The Morgan fingerprint density at radius 1 is 0.256 bits per heavy atom. The predicted octanol–water partition coefficient (Wildman–Crippen LogP) is 36.7. The van der Waals surface area contributed by atoms with Crippen molar-refractivity contribution in [3.8, 4) is 51.2 Å². The number of thiazole rings is 4. The molecule has 14 nitrogen and oxygen atoms in total. The second-order valence-corrected chi connectivity index (χ2v) is 45.6. The minimum atomic E-state index is -0.933. The fourth-order valence-corrected chi connectivity index (χ4v) is 28.7. The molecule has 4 atom stereocenters. The number of hydrogen-bond donors (Lipinski definition) is 0. The van der Waals surface area contributed by atoms with Gasteiger partial charge in [-0.15, -0.1) is 45.3 Å². The lowest BCUT2D eigenvalue weighted by molar-refractivity contribution is 0.0828. The maximum atomic E-state index is 17.5. The summed E-state index contributed by atoms with van der Waals surface area (Å²) in [6.45, 7) is 20.4. The molecule has 0 bridgehead atoms. The van der Waals surface area contributed by atoms with E-state index in [-0.39, 0.29) is 11.6 Å². The van der Waals surface area contributed by atoms with Gasteiger partial charge < -0.3 is 0 Å². The first-order chi connectivity index (χ1) is 63.4. The fraction of sp³-hybridized carbons (Fsp3) is 0.682. The van der Waals surface area contributed by atoms with Crippen molar-refractivity contribution in [1.82, 2.24) is 54.9 Å². The number of unbranched alkanes of at least 4 members (excludes halogenated alkanes) is 39. The summed E-state index contributed by atoms with van der Waals surface area (Å²) >= 11 is 11.7. The highest BCUT2D eigenvalue weighted by atomic mass is 32.1. The number of aryl methyl sites for hydroxylation is 2. The van der Waals surface area contributed by atoms with Crippen LogP contribution in [0.4, 0.5) is 0 Å². The average Bonchev–Trinajstić information content (AvgIpc) is 1.55. The molecule has 2 aliphatic carbocycles. The van der Waals surface area contributed by atoms with E-state index in [1.165, 1.54) is 368 Å². The van der Waals surface area contributed by atoms with Gasteiger partial charge in [-0.05, 0) is 106 Å². The largest absolute Gasteiger partial charge is 0.291 e. The number of benzene rings is 4. The fourth-order valence-electron chi connectivity index (χ4n) is 21.8. The summed E-state index contributed by atoms with van der Waals surface area (Å²) in [4.78, 5) is 60.9. The highest BCUT2D eigenvalue weighted by Crippen LogP contribution is 2.59. The maximum Gasteiger partial charge on any atom is 0.194 e. The van der Waals surface area contributed by atoms with Crippen LogP contribution in [0.2, 0.25) is 0 Å². The lowest BCUT2D eigenvalue weighted by atomic mass is 9.66. The first-order valence-corrected chi connectivity index (χ1v) is 58.4. The third kappa shape index (κ3) is 24.5. The molecule has 4 unspecified atom stereocenters. The standard InChI is InChI=1S/C107H152N12O2S8/c1-10-17-24-31-35-36-37-41-48-55-65-106(66-62-75(56-49-42-28-21-14-5)59-52-45-38-32-25-18-11-2)99-97(95-93(101(106)120)108-74(9)122-95)124-104(110-99)84-72-81-80(89-92(84)119-129-116-89)71-82(90-88(81)115-128-117-90)103-109-94-96(123-103)98-100(111-105(125-98)83-70-79-78(87-91(83)118-127-114-87)69-73(8)85-86(79)113-126-112-85)107(102(94)121,67-63-76(57-50-43-29-22-15-6)60-53-46-39-33-26-19-12-3)68-64-77(58-51-44-30-23-16-7)61-54-47-40-34-27-20-13-4/h69-72,75-77H,10-68H2,1-9H3. The molecule has 0 radical (unpaired) electrons. The second kappa shape index (κ2) is 50.9. The van der Waals surface area contributed by atoms with Gasteiger partial charge in [0.25, 0.3) is 0 Å². The number of rotatable bonds is 65. The SMILES string of the molecule is CCCCCCCCCCCCC1(CCC(CCCCCCC)CCCCCCCCC)C(=O)c2nc(C)sc2-c2sc(-c3cc4c(cc(-c5nc6c(s5)-c5sc(-c7cc8c(cc(C)c9nsnc98)c8nsnc78)nc5C(CCC(CCCCCCC)CCCCCCCCC)(CCC(CCCCCCC)CCCCCCCCC)C6=O)c5nsnc54)c4nsnc34)nc21. The molecule has 22 heteroatoms. The van der Waals surface area contributed by atoms with Gasteiger partial charge in [0.05, 0.1) is 93.6 Å². The zero-order valence-electron chi connectivity index (χ0n) is 80.2. The van der Waals surface area contributed by atoms with Gasteiger partial charge in [0.2, 0.25) is 0 Å². The van der Waals surface area contributed by atoms with E-state index in [1.807, 2.05) is 0 Å². The molecule has 0 aliphatic heterocycles. The predicted molar refractivity (Wildman–Crippen MR) is 559 cm³/mol. The Labute approximate surface area is 805 Å². The zero-order valence-corrected chi connectivity index (χ0v) is 86.7. The van der Waals surface area contributed by atoms with Crippen molar-refractivity contribution in [3.63, 3.8) is 0 Å². The van der Waals surface area contributed by atoms with Gasteiger partial charge in [0.15, 0.2) is 11.6 Å². The van der Waals surface area contributed by atoms with E-state index >= 15 is 9.59 Å². The maximum absolute atomic E-state index is 17.5. The number of ketones is 2. The smallest absolute Gasteiger partial charge is 0.194 e. The molecule has 0 amide bonds. The molecule has 700 valence electrons. The Kier molecular flexibility index (Phi) is 39.3. The number of nitrogens with zero attached hydrogens (tertiary/aromatic N) is 12. The molecular formula is C107H152N12O2S8. The summed E-state index contributed by atoms with van der Waals surface area (Å²) in [5.41, 5.74) is 11.7. The highest BCUT2D eigenvalue weighted by molar-refractivity contribution is 7.26. The highest BCUT2D eigenvalue weighted by Gasteiger charge is 2.53. The van der Waals surface area contributed by atoms with Gasteiger partial charge >= 0.3 is 0 Å². The molecule has 0 spiro atoms. The first kappa shape index (κ1) is 99.5. The molecule has 0 fully saturated rings. The second-order valence-electron chi connectivity index (χ2n) is 39.3. The molecule has 4 aromatic carbocycles. The molecule has 8 aromatic heterocycles. The van der Waals surface area contributed by atoms with Gasteiger partial charge in [-0.2, -0.15) is 35.0 Å². The topological polar surface area (TPSA) is 189 Å². The minimum absolute atomic E-state index is 0.135. The summed E-state index contributed by atoms with van der Waals surface area (Å²) < 4.78 is 41.1. The quantitative estimate of drug-likeness (QED) is 0.0327. The van der Waals surface area contributed by atoms with Crippen molar-refractivity contribution in [3.05, 3.63) is 57.6 Å². The van der Waals surface area contributed by atoms with Crippen LogP contribution in [0.25, 0.3) is 117 Å². The molecular weight excluding hydrogens is 1740 g/mol. The van der Waals surface area contributed by atoms with Crippen molar-refractivity contribution in [2.24, 2.45) is 17.8 Å². The third-order valence-electron chi connectivity index (χ3n) is 29.5. The Morgan fingerprint density at radius 3 is 0.853 bits per heavy atom. The zero-order chi connectivity index (χ0) is 89.7. The number of aromatic nitrogens is 12. The Balaban J connectivity index is 0.878. The van der Waals surface area contributed by atoms with Crippen molar-refractivity contribution in [1.29, 1.82) is 0 Å².